The highest BCUT2D eigenvalue weighted by Gasteiger charge is 2.10. The third-order valence-electron chi connectivity index (χ3n) is 2.01. The Balaban J connectivity index is 2.27. The molecule has 0 saturated heterocycles. The van der Waals surface area contributed by atoms with Gasteiger partial charge >= 0.3 is 5.97 Å². The zero-order valence-corrected chi connectivity index (χ0v) is 11.4. The third kappa shape index (κ3) is 5.48. The van der Waals surface area contributed by atoms with Crippen LogP contribution in [0.5, 0.6) is 0 Å². The molecule has 9 nitrogen and oxygen atoms in total. The first kappa shape index (κ1) is 15.6. The van der Waals surface area contributed by atoms with Gasteiger partial charge in [-0.05, 0) is 13.8 Å². The van der Waals surface area contributed by atoms with Gasteiger partial charge in [0.25, 0.3) is 0 Å². The van der Waals surface area contributed by atoms with Crippen LogP contribution in [0.2, 0.25) is 0 Å². The van der Waals surface area contributed by atoms with Crippen LogP contribution in [0.3, 0.4) is 0 Å². The van der Waals surface area contributed by atoms with Gasteiger partial charge in [-0.2, -0.15) is 15.0 Å². The minimum atomic E-state index is -0.452. The lowest BCUT2D eigenvalue weighted by molar-refractivity contribution is -0.146. The summed E-state index contributed by atoms with van der Waals surface area (Å²) >= 11 is 0. The van der Waals surface area contributed by atoms with Gasteiger partial charge in [0, 0.05) is 5.57 Å². The zero-order chi connectivity index (χ0) is 15.1. The van der Waals surface area contributed by atoms with Crippen LogP contribution in [0.25, 0.3) is 0 Å². The minimum absolute atomic E-state index is 0.0174. The average Bonchev–Trinajstić information content (AvgIpc) is 2.33. The number of nitrogens with zero attached hydrogens (tertiary/aromatic N) is 3. The lowest BCUT2D eigenvalue weighted by atomic mass is 10.3. The number of carbonyl (C=O) groups excluding carboxylic acids is 1. The van der Waals surface area contributed by atoms with E-state index in [1.807, 2.05) is 0 Å². The summed E-state index contributed by atoms with van der Waals surface area (Å²) in [5.74, 6) is -0.207. The second kappa shape index (κ2) is 7.24. The molecule has 1 atom stereocenters. The molecule has 0 fully saturated rings. The fourth-order valence-corrected chi connectivity index (χ4v) is 1.15. The predicted molar refractivity (Wildman–Crippen MR) is 73.5 cm³/mol. The van der Waals surface area contributed by atoms with Crippen LogP contribution in [0.15, 0.2) is 12.2 Å². The monoisotopic (exact) mass is 282 g/mol. The first-order valence-electron chi connectivity index (χ1n) is 5.83. The molecule has 1 rings (SSSR count). The van der Waals surface area contributed by atoms with E-state index >= 15 is 0 Å². The third-order valence-corrected chi connectivity index (χ3v) is 2.01. The molecular formula is C11H18N6O3. The second-order valence-corrected chi connectivity index (χ2v) is 4.06. The number of hydrogen-bond donors (Lipinski definition) is 3. The van der Waals surface area contributed by atoms with E-state index in [9.17, 15) is 4.79 Å². The maximum absolute atomic E-state index is 11.2. The van der Waals surface area contributed by atoms with Gasteiger partial charge < -0.3 is 26.3 Å². The molecular weight excluding hydrogens is 264 g/mol. The number of esters is 1. The number of carbonyl (C=O) groups is 1. The lowest BCUT2D eigenvalue weighted by Gasteiger charge is -2.13. The van der Waals surface area contributed by atoms with Gasteiger partial charge in [-0.1, -0.05) is 6.58 Å². The molecule has 0 aromatic carbocycles. The average molecular weight is 282 g/mol. The number of ether oxygens (including phenoxy) is 2. The Labute approximate surface area is 116 Å². The summed E-state index contributed by atoms with van der Waals surface area (Å²) in [6, 6.07) is 0. The van der Waals surface area contributed by atoms with Gasteiger partial charge in [0.15, 0.2) is 0 Å². The van der Waals surface area contributed by atoms with E-state index in [1.165, 1.54) is 0 Å². The number of aromatic nitrogens is 3. The standard InChI is InChI=1S/C11H18N6O3/c1-6(2)8(18)20-7(3)4-19-5-14-11-16-9(12)15-10(13)17-11/h7H,1,4-5H2,2-3H3,(H5,12,13,14,15,16,17). The highest BCUT2D eigenvalue weighted by Crippen LogP contribution is 2.03. The van der Waals surface area contributed by atoms with E-state index in [1.54, 1.807) is 13.8 Å². The molecule has 110 valence electrons. The van der Waals surface area contributed by atoms with Crippen molar-refractivity contribution in [1.82, 2.24) is 15.0 Å². The number of hydrogen-bond acceptors (Lipinski definition) is 9. The molecule has 0 saturated carbocycles. The number of rotatable bonds is 7. The highest BCUT2D eigenvalue weighted by atomic mass is 16.6. The molecule has 0 aliphatic heterocycles. The first-order valence-corrected chi connectivity index (χ1v) is 5.83. The predicted octanol–water partition coefficient (Wildman–Crippen LogP) is -0.0702. The number of nitrogens with two attached hydrogens (primary N) is 2. The van der Waals surface area contributed by atoms with E-state index in [0.717, 1.165) is 0 Å². The fourth-order valence-electron chi connectivity index (χ4n) is 1.15. The topological polar surface area (TPSA) is 138 Å². The molecule has 1 unspecified atom stereocenters. The Morgan fingerprint density at radius 3 is 2.50 bits per heavy atom. The summed E-state index contributed by atoms with van der Waals surface area (Å²) in [7, 11) is 0. The quantitative estimate of drug-likeness (QED) is 0.271. The second-order valence-electron chi connectivity index (χ2n) is 4.06. The summed E-state index contributed by atoms with van der Waals surface area (Å²) in [6.45, 7) is 7.09. The summed E-state index contributed by atoms with van der Waals surface area (Å²) in [6.07, 6.45) is -0.394. The molecule has 1 heterocycles. The molecule has 1 aromatic rings. The van der Waals surface area contributed by atoms with Crippen molar-refractivity contribution in [1.29, 1.82) is 0 Å². The van der Waals surface area contributed by atoms with Gasteiger partial charge in [-0.25, -0.2) is 4.79 Å². The van der Waals surface area contributed by atoms with Gasteiger partial charge in [-0.15, -0.1) is 0 Å². The Hall–Kier alpha value is -2.42. The van der Waals surface area contributed by atoms with Crippen LogP contribution in [0.4, 0.5) is 17.8 Å². The maximum Gasteiger partial charge on any atom is 0.333 e. The molecule has 9 heteroatoms. The van der Waals surface area contributed by atoms with Crippen molar-refractivity contribution in [2.75, 3.05) is 30.1 Å². The maximum atomic E-state index is 11.2. The molecule has 0 aliphatic carbocycles. The SMILES string of the molecule is C=C(C)C(=O)OC(C)COCNc1nc(N)nc(N)n1. The normalized spacial score (nSPS) is 11.7. The van der Waals surface area contributed by atoms with Gasteiger partial charge in [-0.3, -0.25) is 0 Å². The molecule has 0 bridgehead atoms. The van der Waals surface area contributed by atoms with E-state index in [2.05, 4.69) is 26.8 Å². The summed E-state index contributed by atoms with van der Waals surface area (Å²) in [5, 5.41) is 2.76. The molecule has 0 radical (unpaired) electrons. The van der Waals surface area contributed by atoms with E-state index in [0.29, 0.717) is 5.57 Å². The van der Waals surface area contributed by atoms with Crippen molar-refractivity contribution in [3.8, 4) is 0 Å². The van der Waals surface area contributed by atoms with Gasteiger partial charge in [0.05, 0.1) is 6.61 Å². The zero-order valence-electron chi connectivity index (χ0n) is 11.4. The van der Waals surface area contributed by atoms with E-state index in [-0.39, 0.29) is 31.2 Å². The van der Waals surface area contributed by atoms with Crippen molar-refractivity contribution >= 4 is 23.8 Å². The molecule has 0 amide bonds. The van der Waals surface area contributed by atoms with Crippen molar-refractivity contribution in [2.45, 2.75) is 20.0 Å². The summed E-state index contributed by atoms with van der Waals surface area (Å²) < 4.78 is 10.3. The van der Waals surface area contributed by atoms with Crippen LogP contribution >= 0.6 is 0 Å². The molecule has 20 heavy (non-hydrogen) atoms. The highest BCUT2D eigenvalue weighted by molar-refractivity contribution is 5.87. The van der Waals surface area contributed by atoms with Crippen molar-refractivity contribution in [3.63, 3.8) is 0 Å². The lowest BCUT2D eigenvalue weighted by Crippen LogP contribution is -2.22. The number of nitrogen functional groups attached to an aromatic ring is 2. The van der Waals surface area contributed by atoms with E-state index < -0.39 is 12.1 Å². The Morgan fingerprint density at radius 1 is 1.35 bits per heavy atom. The number of anilines is 3. The number of nitrogens with one attached hydrogen (secondary N) is 1. The largest absolute Gasteiger partial charge is 0.457 e. The Kier molecular flexibility index (Phi) is 5.66. The minimum Gasteiger partial charge on any atom is -0.457 e. The van der Waals surface area contributed by atoms with Crippen LogP contribution in [0, 0.1) is 0 Å². The smallest absolute Gasteiger partial charge is 0.333 e. The van der Waals surface area contributed by atoms with Crippen LogP contribution in [0.1, 0.15) is 13.8 Å². The van der Waals surface area contributed by atoms with Gasteiger partial charge in [0.1, 0.15) is 12.8 Å². The first-order chi connectivity index (χ1) is 9.38. The Morgan fingerprint density at radius 2 is 1.95 bits per heavy atom. The van der Waals surface area contributed by atoms with Crippen molar-refractivity contribution < 1.29 is 14.3 Å². The molecule has 0 spiro atoms. The molecule has 5 N–H and O–H groups in total. The van der Waals surface area contributed by atoms with Crippen molar-refractivity contribution in [3.05, 3.63) is 12.2 Å². The van der Waals surface area contributed by atoms with Crippen molar-refractivity contribution in [2.24, 2.45) is 0 Å². The molecule has 0 aliphatic rings. The van der Waals surface area contributed by atoms with Crippen LogP contribution in [-0.2, 0) is 14.3 Å². The summed E-state index contributed by atoms with van der Waals surface area (Å²) in [4.78, 5) is 22.5. The summed E-state index contributed by atoms with van der Waals surface area (Å²) in [5.41, 5.74) is 11.2. The fraction of sp³-hybridized carbons (Fsp3) is 0.455. The van der Waals surface area contributed by atoms with Gasteiger partial charge in [0.2, 0.25) is 17.8 Å². The van der Waals surface area contributed by atoms with Crippen LogP contribution < -0.4 is 16.8 Å². The van der Waals surface area contributed by atoms with E-state index in [4.69, 9.17) is 20.9 Å². The Bertz CT molecular complexity index is 473. The van der Waals surface area contributed by atoms with Crippen LogP contribution in [-0.4, -0.2) is 40.4 Å². The molecule has 1 aromatic heterocycles.